The number of hydrogen-bond acceptors (Lipinski definition) is 4. The molecule has 0 saturated carbocycles. The summed E-state index contributed by atoms with van der Waals surface area (Å²) in [5.41, 5.74) is 2.61. The van der Waals surface area contributed by atoms with Crippen molar-refractivity contribution in [3.63, 3.8) is 0 Å². The molecule has 0 aromatic carbocycles. The van der Waals surface area contributed by atoms with Crippen LogP contribution in [0.25, 0.3) is 0 Å². The van der Waals surface area contributed by atoms with Crippen LogP contribution < -0.4 is 10.6 Å². The lowest BCUT2D eigenvalue weighted by Gasteiger charge is -2.09. The Hall–Kier alpha value is -2.37. The van der Waals surface area contributed by atoms with Gasteiger partial charge in [-0.3, -0.25) is 9.48 Å². The average molecular weight is 273 g/mol. The number of carbonyl (C=O) groups is 1. The Morgan fingerprint density at radius 1 is 1.45 bits per heavy atom. The second-order valence-corrected chi connectivity index (χ2v) is 4.49. The van der Waals surface area contributed by atoms with Crippen LogP contribution in [0.3, 0.4) is 0 Å². The zero-order chi connectivity index (χ0) is 14.5. The van der Waals surface area contributed by atoms with Crippen LogP contribution in [0.1, 0.15) is 28.5 Å². The van der Waals surface area contributed by atoms with Crippen molar-refractivity contribution in [1.29, 1.82) is 0 Å². The van der Waals surface area contributed by atoms with Crippen LogP contribution >= 0.6 is 0 Å². The number of aryl methyl sites for hydroxylation is 1. The predicted molar refractivity (Wildman–Crippen MR) is 77.5 cm³/mol. The molecule has 0 spiro atoms. The van der Waals surface area contributed by atoms with Gasteiger partial charge in [0.1, 0.15) is 5.82 Å². The normalized spacial score (nSPS) is 10.3. The SMILES string of the molecule is CCNc1ncccc1C(=O)NCc1cnn(C)c1C. The second kappa shape index (κ2) is 6.18. The summed E-state index contributed by atoms with van der Waals surface area (Å²) in [5.74, 6) is 0.465. The summed E-state index contributed by atoms with van der Waals surface area (Å²) in [4.78, 5) is 16.4. The van der Waals surface area contributed by atoms with E-state index in [0.29, 0.717) is 17.9 Å². The third-order valence-electron chi connectivity index (χ3n) is 3.17. The van der Waals surface area contributed by atoms with Gasteiger partial charge in [0.25, 0.3) is 5.91 Å². The van der Waals surface area contributed by atoms with E-state index >= 15 is 0 Å². The number of carbonyl (C=O) groups excluding carboxylic acids is 1. The Labute approximate surface area is 118 Å². The van der Waals surface area contributed by atoms with Gasteiger partial charge in [-0.05, 0) is 26.0 Å². The van der Waals surface area contributed by atoms with Crippen LogP contribution in [0, 0.1) is 6.92 Å². The lowest BCUT2D eigenvalue weighted by atomic mass is 10.2. The van der Waals surface area contributed by atoms with E-state index in [0.717, 1.165) is 17.8 Å². The zero-order valence-corrected chi connectivity index (χ0v) is 12.0. The fourth-order valence-corrected chi connectivity index (χ4v) is 1.89. The molecule has 0 aliphatic carbocycles. The van der Waals surface area contributed by atoms with E-state index in [1.807, 2.05) is 20.9 Å². The standard InChI is InChI=1S/C14H19N5O/c1-4-15-13-12(6-5-7-16-13)14(20)17-8-11-9-18-19(3)10(11)2/h5-7,9H,4,8H2,1-3H3,(H,15,16)(H,17,20). The van der Waals surface area contributed by atoms with Crippen molar-refractivity contribution < 1.29 is 4.79 Å². The van der Waals surface area contributed by atoms with Gasteiger partial charge in [0.2, 0.25) is 0 Å². The monoisotopic (exact) mass is 273 g/mol. The van der Waals surface area contributed by atoms with Gasteiger partial charge in [-0.1, -0.05) is 0 Å². The maximum Gasteiger partial charge on any atom is 0.255 e. The van der Waals surface area contributed by atoms with Crippen LogP contribution in [0.5, 0.6) is 0 Å². The van der Waals surface area contributed by atoms with Gasteiger partial charge < -0.3 is 10.6 Å². The largest absolute Gasteiger partial charge is 0.370 e. The first-order chi connectivity index (χ1) is 9.63. The predicted octanol–water partition coefficient (Wildman–Crippen LogP) is 1.49. The third-order valence-corrected chi connectivity index (χ3v) is 3.17. The highest BCUT2D eigenvalue weighted by Gasteiger charge is 2.12. The summed E-state index contributed by atoms with van der Waals surface area (Å²) in [6.07, 6.45) is 3.43. The molecule has 6 heteroatoms. The van der Waals surface area contributed by atoms with Crippen molar-refractivity contribution in [3.05, 3.63) is 41.3 Å². The molecule has 2 aromatic heterocycles. The van der Waals surface area contributed by atoms with Crippen molar-refractivity contribution in [1.82, 2.24) is 20.1 Å². The zero-order valence-electron chi connectivity index (χ0n) is 12.0. The van der Waals surface area contributed by atoms with E-state index in [2.05, 4.69) is 20.7 Å². The molecule has 0 fully saturated rings. The third kappa shape index (κ3) is 2.96. The number of nitrogens with zero attached hydrogens (tertiary/aromatic N) is 3. The fraction of sp³-hybridized carbons (Fsp3) is 0.357. The Balaban J connectivity index is 2.07. The number of rotatable bonds is 5. The Kier molecular flexibility index (Phi) is 4.34. The maximum absolute atomic E-state index is 12.2. The molecule has 2 N–H and O–H groups in total. The van der Waals surface area contributed by atoms with Crippen molar-refractivity contribution in [2.24, 2.45) is 7.05 Å². The number of pyridine rings is 1. The quantitative estimate of drug-likeness (QED) is 0.865. The molecular formula is C14H19N5O. The maximum atomic E-state index is 12.2. The van der Waals surface area contributed by atoms with Crippen LogP contribution in [0.4, 0.5) is 5.82 Å². The van der Waals surface area contributed by atoms with E-state index in [9.17, 15) is 4.79 Å². The van der Waals surface area contributed by atoms with E-state index < -0.39 is 0 Å². The molecule has 0 bridgehead atoms. The van der Waals surface area contributed by atoms with Crippen LogP contribution in [0.2, 0.25) is 0 Å². The van der Waals surface area contributed by atoms with Gasteiger partial charge in [-0.25, -0.2) is 4.98 Å². The summed E-state index contributed by atoms with van der Waals surface area (Å²) < 4.78 is 1.79. The summed E-state index contributed by atoms with van der Waals surface area (Å²) in [5, 5.41) is 10.1. The molecule has 1 amide bonds. The van der Waals surface area contributed by atoms with Crippen LogP contribution in [-0.2, 0) is 13.6 Å². The molecule has 0 aliphatic rings. The fourth-order valence-electron chi connectivity index (χ4n) is 1.89. The second-order valence-electron chi connectivity index (χ2n) is 4.49. The summed E-state index contributed by atoms with van der Waals surface area (Å²) >= 11 is 0. The van der Waals surface area contributed by atoms with Crippen LogP contribution in [-0.4, -0.2) is 27.2 Å². The molecule has 0 atom stereocenters. The molecule has 2 heterocycles. The molecule has 0 unspecified atom stereocenters. The van der Waals surface area contributed by atoms with E-state index in [1.54, 1.807) is 29.2 Å². The van der Waals surface area contributed by atoms with Gasteiger partial charge in [0.05, 0.1) is 11.8 Å². The highest BCUT2D eigenvalue weighted by atomic mass is 16.1. The van der Waals surface area contributed by atoms with Gasteiger partial charge in [0, 0.05) is 37.6 Å². The molecule has 0 saturated heterocycles. The number of nitrogens with one attached hydrogen (secondary N) is 2. The van der Waals surface area contributed by atoms with E-state index in [-0.39, 0.29) is 5.91 Å². The first-order valence-electron chi connectivity index (χ1n) is 6.58. The summed E-state index contributed by atoms with van der Waals surface area (Å²) in [7, 11) is 1.88. The number of anilines is 1. The molecule has 106 valence electrons. The highest BCUT2D eigenvalue weighted by molar-refractivity contribution is 5.98. The number of aromatic nitrogens is 3. The topological polar surface area (TPSA) is 71.8 Å². The van der Waals surface area contributed by atoms with Crippen molar-refractivity contribution in [2.45, 2.75) is 20.4 Å². The minimum absolute atomic E-state index is 0.141. The number of hydrogen-bond donors (Lipinski definition) is 2. The first-order valence-corrected chi connectivity index (χ1v) is 6.58. The van der Waals surface area contributed by atoms with E-state index in [4.69, 9.17) is 0 Å². The molecular weight excluding hydrogens is 254 g/mol. The lowest BCUT2D eigenvalue weighted by molar-refractivity contribution is 0.0951. The molecule has 2 aromatic rings. The molecule has 0 aliphatic heterocycles. The molecule has 0 radical (unpaired) electrons. The Bertz CT molecular complexity index is 605. The lowest BCUT2D eigenvalue weighted by Crippen LogP contribution is -2.24. The smallest absolute Gasteiger partial charge is 0.255 e. The van der Waals surface area contributed by atoms with Gasteiger partial charge >= 0.3 is 0 Å². The Morgan fingerprint density at radius 3 is 2.90 bits per heavy atom. The first kappa shape index (κ1) is 14.0. The van der Waals surface area contributed by atoms with Crippen molar-refractivity contribution >= 4 is 11.7 Å². The van der Waals surface area contributed by atoms with Gasteiger partial charge in [-0.15, -0.1) is 0 Å². The van der Waals surface area contributed by atoms with E-state index in [1.165, 1.54) is 0 Å². The average Bonchev–Trinajstić information content (AvgIpc) is 2.77. The van der Waals surface area contributed by atoms with Crippen molar-refractivity contribution in [3.8, 4) is 0 Å². The van der Waals surface area contributed by atoms with Gasteiger partial charge in [-0.2, -0.15) is 5.10 Å². The summed E-state index contributed by atoms with van der Waals surface area (Å²) in [6.45, 7) is 5.12. The molecule has 6 nitrogen and oxygen atoms in total. The Morgan fingerprint density at radius 2 is 2.25 bits per heavy atom. The van der Waals surface area contributed by atoms with Crippen molar-refractivity contribution in [2.75, 3.05) is 11.9 Å². The molecule has 20 heavy (non-hydrogen) atoms. The van der Waals surface area contributed by atoms with Crippen LogP contribution in [0.15, 0.2) is 24.5 Å². The highest BCUT2D eigenvalue weighted by Crippen LogP contribution is 2.12. The molecule has 2 rings (SSSR count). The minimum atomic E-state index is -0.141. The summed E-state index contributed by atoms with van der Waals surface area (Å²) in [6, 6.07) is 3.52. The minimum Gasteiger partial charge on any atom is -0.370 e. The number of amides is 1. The van der Waals surface area contributed by atoms with Gasteiger partial charge in [0.15, 0.2) is 0 Å².